The van der Waals surface area contributed by atoms with E-state index in [4.69, 9.17) is 9.47 Å². The Bertz CT molecular complexity index is 397. The number of esters is 1. The summed E-state index contributed by atoms with van der Waals surface area (Å²) in [6.07, 6.45) is 2.19. The number of ether oxygens (including phenoxy) is 2. The molecule has 20 heavy (non-hydrogen) atoms. The molecule has 0 amide bonds. The highest BCUT2D eigenvalue weighted by Gasteiger charge is 2.09. The van der Waals surface area contributed by atoms with Gasteiger partial charge in [0.1, 0.15) is 18.5 Å². The molecule has 112 valence electrons. The van der Waals surface area contributed by atoms with Crippen LogP contribution in [-0.4, -0.2) is 18.7 Å². The smallest absolute Gasteiger partial charge is 0.306 e. The van der Waals surface area contributed by atoms with Gasteiger partial charge in [-0.25, -0.2) is 0 Å². The van der Waals surface area contributed by atoms with Crippen molar-refractivity contribution in [3.63, 3.8) is 0 Å². The van der Waals surface area contributed by atoms with Crippen molar-refractivity contribution in [3.8, 4) is 5.75 Å². The van der Waals surface area contributed by atoms with Crippen molar-refractivity contribution in [1.29, 1.82) is 0 Å². The van der Waals surface area contributed by atoms with Crippen molar-refractivity contribution in [2.75, 3.05) is 6.61 Å². The molecule has 2 atom stereocenters. The maximum Gasteiger partial charge on any atom is 0.306 e. The van der Waals surface area contributed by atoms with Gasteiger partial charge in [-0.3, -0.25) is 4.79 Å². The standard InChI is InChI=1S/C17H26O3/c1-5-7-17(18)20-14(4)12-19-16-10-8-15(9-11-16)13(3)6-2/h8-11,13-14H,5-7,12H2,1-4H3/t13-,14-/m1/s1. The molecule has 0 aliphatic carbocycles. The van der Waals surface area contributed by atoms with E-state index in [9.17, 15) is 4.79 Å². The summed E-state index contributed by atoms with van der Waals surface area (Å²) in [7, 11) is 0. The second-order valence-corrected chi connectivity index (χ2v) is 5.24. The second-order valence-electron chi connectivity index (χ2n) is 5.24. The molecular weight excluding hydrogens is 252 g/mol. The maximum absolute atomic E-state index is 11.3. The summed E-state index contributed by atoms with van der Waals surface area (Å²) in [6.45, 7) is 8.59. The highest BCUT2D eigenvalue weighted by atomic mass is 16.6. The lowest BCUT2D eigenvalue weighted by Gasteiger charge is -2.15. The Kier molecular flexibility index (Phi) is 7.13. The lowest BCUT2D eigenvalue weighted by molar-refractivity contribution is -0.149. The van der Waals surface area contributed by atoms with E-state index in [1.54, 1.807) is 0 Å². The van der Waals surface area contributed by atoms with Gasteiger partial charge in [0.15, 0.2) is 0 Å². The van der Waals surface area contributed by atoms with Crippen molar-refractivity contribution in [2.45, 2.75) is 59.0 Å². The fourth-order valence-corrected chi connectivity index (χ4v) is 1.86. The van der Waals surface area contributed by atoms with Gasteiger partial charge >= 0.3 is 5.97 Å². The summed E-state index contributed by atoms with van der Waals surface area (Å²) in [5, 5.41) is 0. The van der Waals surface area contributed by atoms with Crippen molar-refractivity contribution < 1.29 is 14.3 Å². The summed E-state index contributed by atoms with van der Waals surface area (Å²) >= 11 is 0. The SMILES string of the molecule is CCCC(=O)O[C@H](C)COc1ccc([C@H](C)CC)cc1. The Morgan fingerprint density at radius 3 is 2.35 bits per heavy atom. The van der Waals surface area contributed by atoms with E-state index >= 15 is 0 Å². The number of rotatable bonds is 8. The van der Waals surface area contributed by atoms with Crippen molar-refractivity contribution in [3.05, 3.63) is 29.8 Å². The Hall–Kier alpha value is -1.51. The van der Waals surface area contributed by atoms with Gasteiger partial charge < -0.3 is 9.47 Å². The van der Waals surface area contributed by atoms with E-state index in [0.29, 0.717) is 18.9 Å². The Morgan fingerprint density at radius 1 is 1.15 bits per heavy atom. The van der Waals surface area contributed by atoms with Gasteiger partial charge in [0, 0.05) is 6.42 Å². The predicted octanol–water partition coefficient (Wildman–Crippen LogP) is 4.31. The zero-order valence-electron chi connectivity index (χ0n) is 13.0. The Labute approximate surface area is 122 Å². The predicted molar refractivity (Wildman–Crippen MR) is 81.1 cm³/mol. The highest BCUT2D eigenvalue weighted by molar-refractivity contribution is 5.69. The molecule has 0 aromatic heterocycles. The minimum absolute atomic E-state index is 0.157. The Balaban J connectivity index is 2.39. The highest BCUT2D eigenvalue weighted by Crippen LogP contribution is 2.21. The van der Waals surface area contributed by atoms with Crippen LogP contribution in [0.2, 0.25) is 0 Å². The summed E-state index contributed by atoms with van der Waals surface area (Å²) in [4.78, 5) is 11.3. The van der Waals surface area contributed by atoms with Crippen molar-refractivity contribution in [1.82, 2.24) is 0 Å². The van der Waals surface area contributed by atoms with Crippen LogP contribution in [0, 0.1) is 0 Å². The average molecular weight is 278 g/mol. The zero-order valence-corrected chi connectivity index (χ0v) is 13.0. The number of benzene rings is 1. The number of hydrogen-bond acceptors (Lipinski definition) is 3. The van der Waals surface area contributed by atoms with E-state index in [-0.39, 0.29) is 12.1 Å². The molecule has 0 saturated heterocycles. The number of hydrogen-bond donors (Lipinski definition) is 0. The van der Waals surface area contributed by atoms with Gasteiger partial charge in [0.25, 0.3) is 0 Å². The third-order valence-corrected chi connectivity index (χ3v) is 3.33. The first-order chi connectivity index (χ1) is 9.56. The van der Waals surface area contributed by atoms with Crippen LogP contribution in [0.1, 0.15) is 58.4 Å². The molecule has 0 saturated carbocycles. The van der Waals surface area contributed by atoms with Crippen LogP contribution < -0.4 is 4.74 Å². The molecule has 0 radical (unpaired) electrons. The molecule has 3 heteroatoms. The summed E-state index contributed by atoms with van der Waals surface area (Å²) in [6, 6.07) is 8.14. The Morgan fingerprint density at radius 2 is 1.80 bits per heavy atom. The van der Waals surface area contributed by atoms with Gasteiger partial charge in [0.2, 0.25) is 0 Å². The van der Waals surface area contributed by atoms with Gasteiger partial charge in [-0.1, -0.05) is 32.9 Å². The van der Waals surface area contributed by atoms with Gasteiger partial charge in [-0.05, 0) is 43.4 Å². The molecule has 0 fully saturated rings. The largest absolute Gasteiger partial charge is 0.490 e. The van der Waals surface area contributed by atoms with E-state index in [1.165, 1.54) is 5.56 Å². The van der Waals surface area contributed by atoms with E-state index in [1.807, 2.05) is 26.0 Å². The van der Waals surface area contributed by atoms with Gasteiger partial charge in [-0.15, -0.1) is 0 Å². The van der Waals surface area contributed by atoms with E-state index in [2.05, 4.69) is 26.0 Å². The third kappa shape index (κ3) is 5.64. The molecule has 0 bridgehead atoms. The molecule has 1 aromatic rings. The monoisotopic (exact) mass is 278 g/mol. The summed E-state index contributed by atoms with van der Waals surface area (Å²) in [5.41, 5.74) is 1.32. The molecule has 1 rings (SSSR count). The first kappa shape index (κ1) is 16.5. The fraction of sp³-hybridized carbons (Fsp3) is 0.588. The van der Waals surface area contributed by atoms with Crippen LogP contribution in [0.15, 0.2) is 24.3 Å². The minimum atomic E-state index is -0.219. The molecule has 0 unspecified atom stereocenters. The quantitative estimate of drug-likeness (QED) is 0.665. The molecule has 0 heterocycles. The molecule has 0 spiro atoms. The first-order valence-corrected chi connectivity index (χ1v) is 7.49. The molecule has 0 aliphatic heterocycles. The lowest BCUT2D eigenvalue weighted by atomic mass is 9.99. The average Bonchev–Trinajstić information content (AvgIpc) is 2.45. The minimum Gasteiger partial charge on any atom is -0.490 e. The molecule has 3 nitrogen and oxygen atoms in total. The van der Waals surface area contributed by atoms with Crippen LogP contribution in [0.4, 0.5) is 0 Å². The van der Waals surface area contributed by atoms with Crippen LogP contribution in [0.25, 0.3) is 0 Å². The molecule has 0 N–H and O–H groups in total. The topological polar surface area (TPSA) is 35.5 Å². The second kappa shape index (κ2) is 8.62. The fourth-order valence-electron chi connectivity index (χ4n) is 1.86. The van der Waals surface area contributed by atoms with Crippen LogP contribution >= 0.6 is 0 Å². The van der Waals surface area contributed by atoms with E-state index in [0.717, 1.165) is 18.6 Å². The first-order valence-electron chi connectivity index (χ1n) is 7.49. The zero-order chi connectivity index (χ0) is 15.0. The van der Waals surface area contributed by atoms with Crippen LogP contribution in [-0.2, 0) is 9.53 Å². The normalized spacial score (nSPS) is 13.6. The molecule has 0 aliphatic rings. The number of carbonyl (C=O) groups is 1. The summed E-state index contributed by atoms with van der Waals surface area (Å²) in [5.74, 6) is 1.23. The van der Waals surface area contributed by atoms with E-state index < -0.39 is 0 Å². The maximum atomic E-state index is 11.3. The third-order valence-electron chi connectivity index (χ3n) is 3.33. The lowest BCUT2D eigenvalue weighted by Crippen LogP contribution is -2.21. The molecular formula is C17H26O3. The van der Waals surface area contributed by atoms with Gasteiger partial charge in [0.05, 0.1) is 0 Å². The van der Waals surface area contributed by atoms with Crippen molar-refractivity contribution >= 4 is 5.97 Å². The van der Waals surface area contributed by atoms with Crippen LogP contribution in [0.5, 0.6) is 5.75 Å². The van der Waals surface area contributed by atoms with Crippen molar-refractivity contribution in [2.24, 2.45) is 0 Å². The number of carbonyl (C=O) groups excluding carboxylic acids is 1. The van der Waals surface area contributed by atoms with Gasteiger partial charge in [-0.2, -0.15) is 0 Å². The summed E-state index contributed by atoms with van der Waals surface area (Å²) < 4.78 is 10.9. The molecule has 1 aromatic carbocycles. The van der Waals surface area contributed by atoms with Crippen LogP contribution in [0.3, 0.4) is 0 Å².